The number of nitrogens with zero attached hydrogens (tertiary/aromatic N) is 3. The summed E-state index contributed by atoms with van der Waals surface area (Å²) in [6, 6.07) is 0.527. The predicted molar refractivity (Wildman–Crippen MR) is 92.9 cm³/mol. The molecule has 12 heteroatoms. The third-order valence-corrected chi connectivity index (χ3v) is 5.38. The van der Waals surface area contributed by atoms with Crippen molar-refractivity contribution >= 4 is 55.2 Å². The molecule has 0 radical (unpaired) electrons. The lowest BCUT2D eigenvalue weighted by Gasteiger charge is -2.18. The van der Waals surface area contributed by atoms with E-state index in [1.807, 2.05) is 12.4 Å². The highest BCUT2D eigenvalue weighted by molar-refractivity contribution is 9.10. The molecular formula is C13H15BrF3N5O2S. The standard InChI is InChI=1S/C11H14BrN5S.C2HF3O2/c1-14-6-2-3-17(4-6)10-9-8(7(12)5-18-9)15-11(13)16-10;3-2(4,5)1(6)7/h5-6,14H,2-4H2,1H3,(H2,13,15,16);(H,6,7)/t6-;/m1./s1. The zero-order chi connectivity index (χ0) is 18.8. The summed E-state index contributed by atoms with van der Waals surface area (Å²) in [5, 5.41) is 12.5. The number of carbonyl (C=O) groups is 1. The van der Waals surface area contributed by atoms with Crippen molar-refractivity contribution < 1.29 is 23.1 Å². The molecule has 2 aromatic heterocycles. The van der Waals surface area contributed by atoms with Crippen molar-refractivity contribution in [1.29, 1.82) is 0 Å². The summed E-state index contributed by atoms with van der Waals surface area (Å²) in [6.45, 7) is 1.98. The molecule has 3 heterocycles. The van der Waals surface area contributed by atoms with E-state index in [0.29, 0.717) is 12.0 Å². The molecule has 4 N–H and O–H groups in total. The lowest BCUT2D eigenvalue weighted by atomic mass is 10.3. The molecule has 1 aliphatic rings. The molecule has 1 fully saturated rings. The summed E-state index contributed by atoms with van der Waals surface area (Å²) < 4.78 is 33.8. The summed E-state index contributed by atoms with van der Waals surface area (Å²) in [6.07, 6.45) is -3.95. The Morgan fingerprint density at radius 1 is 1.52 bits per heavy atom. The van der Waals surface area contributed by atoms with Crippen LogP contribution in [0.2, 0.25) is 0 Å². The number of alkyl halides is 3. The number of rotatable bonds is 2. The third-order valence-electron chi connectivity index (χ3n) is 3.51. The van der Waals surface area contributed by atoms with Gasteiger partial charge in [-0.3, -0.25) is 0 Å². The van der Waals surface area contributed by atoms with Crippen LogP contribution in [0.15, 0.2) is 9.85 Å². The van der Waals surface area contributed by atoms with Crippen molar-refractivity contribution in [3.05, 3.63) is 9.85 Å². The number of fused-ring (bicyclic) bond motifs is 1. The van der Waals surface area contributed by atoms with Crippen LogP contribution in [0.5, 0.6) is 0 Å². The fraction of sp³-hybridized carbons (Fsp3) is 0.462. The van der Waals surface area contributed by atoms with Crippen molar-refractivity contribution in [3.63, 3.8) is 0 Å². The van der Waals surface area contributed by atoms with E-state index >= 15 is 0 Å². The van der Waals surface area contributed by atoms with Crippen LogP contribution < -0.4 is 16.0 Å². The Labute approximate surface area is 153 Å². The molecule has 0 aliphatic carbocycles. The van der Waals surface area contributed by atoms with Gasteiger partial charge in [0.1, 0.15) is 5.52 Å². The summed E-state index contributed by atoms with van der Waals surface area (Å²) in [5.74, 6) is -1.46. The van der Waals surface area contributed by atoms with Gasteiger partial charge < -0.3 is 21.1 Å². The maximum atomic E-state index is 10.6. The number of halogens is 4. The Bertz CT molecular complexity index is 770. The van der Waals surface area contributed by atoms with Gasteiger partial charge in [-0.15, -0.1) is 11.3 Å². The molecule has 0 unspecified atom stereocenters. The van der Waals surface area contributed by atoms with Crippen molar-refractivity contribution in [2.45, 2.75) is 18.6 Å². The lowest BCUT2D eigenvalue weighted by Crippen LogP contribution is -2.30. The third kappa shape index (κ3) is 4.70. The average molecular weight is 442 g/mol. The van der Waals surface area contributed by atoms with Crippen molar-refractivity contribution in [1.82, 2.24) is 15.3 Å². The number of nitrogens with two attached hydrogens (primary N) is 1. The minimum absolute atomic E-state index is 0.338. The SMILES string of the molecule is CN[C@@H]1CCN(c2nc(N)nc3c(Br)csc23)C1.O=C(O)C(F)(F)F. The summed E-state index contributed by atoms with van der Waals surface area (Å²) >= 11 is 5.16. The number of likely N-dealkylation sites (N-methyl/N-ethyl adjacent to an activating group) is 1. The summed E-state index contributed by atoms with van der Waals surface area (Å²) in [7, 11) is 2.00. The van der Waals surface area contributed by atoms with Gasteiger partial charge in [-0.25, -0.2) is 9.78 Å². The van der Waals surface area contributed by atoms with Crippen LogP contribution in [0.1, 0.15) is 6.42 Å². The van der Waals surface area contributed by atoms with Crippen LogP contribution >= 0.6 is 27.3 Å². The van der Waals surface area contributed by atoms with Crippen molar-refractivity contribution in [2.75, 3.05) is 30.8 Å². The van der Waals surface area contributed by atoms with E-state index in [4.69, 9.17) is 15.6 Å². The largest absolute Gasteiger partial charge is 0.490 e. The van der Waals surface area contributed by atoms with Gasteiger partial charge in [0.2, 0.25) is 5.95 Å². The normalized spacial score (nSPS) is 17.5. The van der Waals surface area contributed by atoms with Gasteiger partial charge in [-0.2, -0.15) is 18.2 Å². The van der Waals surface area contributed by atoms with Crippen LogP contribution in [-0.2, 0) is 4.79 Å². The quantitative estimate of drug-likeness (QED) is 0.657. The van der Waals surface area contributed by atoms with E-state index < -0.39 is 12.1 Å². The number of aromatic nitrogens is 2. The van der Waals surface area contributed by atoms with Crippen LogP contribution in [0.25, 0.3) is 10.2 Å². The molecule has 0 amide bonds. The van der Waals surface area contributed by atoms with Crippen molar-refractivity contribution in [3.8, 4) is 0 Å². The van der Waals surface area contributed by atoms with E-state index in [9.17, 15) is 13.2 Å². The molecule has 138 valence electrons. The zero-order valence-corrected chi connectivity index (χ0v) is 15.4. The number of hydrogen-bond donors (Lipinski definition) is 3. The topological polar surface area (TPSA) is 104 Å². The van der Waals surface area contributed by atoms with Gasteiger partial charge in [0.05, 0.1) is 9.17 Å². The first-order valence-electron chi connectivity index (χ1n) is 7.06. The highest BCUT2D eigenvalue weighted by atomic mass is 79.9. The number of anilines is 2. The zero-order valence-electron chi connectivity index (χ0n) is 13.0. The Morgan fingerprint density at radius 2 is 2.16 bits per heavy atom. The van der Waals surface area contributed by atoms with Gasteiger partial charge in [0.15, 0.2) is 5.82 Å². The maximum Gasteiger partial charge on any atom is 0.490 e. The van der Waals surface area contributed by atoms with E-state index in [1.54, 1.807) is 11.3 Å². The number of nitrogens with one attached hydrogen (secondary N) is 1. The van der Waals surface area contributed by atoms with E-state index in [1.165, 1.54) is 0 Å². The van der Waals surface area contributed by atoms with Crippen LogP contribution in [-0.4, -0.2) is 53.4 Å². The number of carboxylic acid groups (broad SMARTS) is 1. The predicted octanol–water partition coefficient (Wildman–Crippen LogP) is 2.47. The van der Waals surface area contributed by atoms with E-state index in [0.717, 1.165) is 40.0 Å². The Kier molecular flexibility index (Phi) is 6.06. The molecule has 0 bridgehead atoms. The molecule has 1 saturated heterocycles. The molecule has 1 atom stereocenters. The minimum atomic E-state index is -5.08. The first-order chi connectivity index (χ1) is 11.6. The monoisotopic (exact) mass is 441 g/mol. The summed E-state index contributed by atoms with van der Waals surface area (Å²) in [4.78, 5) is 19.9. The van der Waals surface area contributed by atoms with E-state index in [-0.39, 0.29) is 0 Å². The smallest absolute Gasteiger partial charge is 0.475 e. The second-order valence-electron chi connectivity index (χ2n) is 5.19. The minimum Gasteiger partial charge on any atom is -0.475 e. The molecule has 25 heavy (non-hydrogen) atoms. The first kappa shape index (κ1) is 19.7. The molecule has 2 aromatic rings. The number of carboxylic acids is 1. The second kappa shape index (κ2) is 7.70. The highest BCUT2D eigenvalue weighted by Crippen LogP contribution is 2.36. The molecular weight excluding hydrogens is 427 g/mol. The highest BCUT2D eigenvalue weighted by Gasteiger charge is 2.38. The fourth-order valence-corrected chi connectivity index (χ4v) is 3.87. The summed E-state index contributed by atoms with van der Waals surface area (Å²) in [5.41, 5.74) is 6.72. The fourth-order valence-electron chi connectivity index (χ4n) is 2.29. The van der Waals surface area contributed by atoms with Gasteiger partial charge in [-0.1, -0.05) is 0 Å². The molecule has 0 saturated carbocycles. The van der Waals surface area contributed by atoms with Gasteiger partial charge in [0.25, 0.3) is 0 Å². The Morgan fingerprint density at radius 3 is 2.68 bits per heavy atom. The molecule has 3 rings (SSSR count). The average Bonchev–Trinajstić information content (AvgIpc) is 3.14. The van der Waals surface area contributed by atoms with Crippen molar-refractivity contribution in [2.24, 2.45) is 0 Å². The lowest BCUT2D eigenvalue weighted by molar-refractivity contribution is -0.192. The van der Waals surface area contributed by atoms with Crippen LogP contribution in [0, 0.1) is 0 Å². The molecule has 1 aliphatic heterocycles. The first-order valence-corrected chi connectivity index (χ1v) is 8.73. The number of hydrogen-bond acceptors (Lipinski definition) is 7. The second-order valence-corrected chi connectivity index (χ2v) is 6.92. The van der Waals surface area contributed by atoms with Crippen LogP contribution in [0.3, 0.4) is 0 Å². The molecule has 0 spiro atoms. The Hall–Kier alpha value is -1.66. The molecule has 0 aromatic carbocycles. The van der Waals surface area contributed by atoms with Gasteiger partial charge in [0, 0.05) is 24.5 Å². The maximum absolute atomic E-state index is 10.6. The van der Waals surface area contributed by atoms with E-state index in [2.05, 4.69) is 36.1 Å². The Balaban J connectivity index is 0.000000277. The number of nitrogen functional groups attached to an aromatic ring is 1. The molecule has 7 nitrogen and oxygen atoms in total. The number of aliphatic carboxylic acids is 1. The van der Waals surface area contributed by atoms with Gasteiger partial charge >= 0.3 is 12.1 Å². The van der Waals surface area contributed by atoms with Crippen LogP contribution in [0.4, 0.5) is 24.9 Å². The number of thiophene rings is 1. The van der Waals surface area contributed by atoms with Gasteiger partial charge in [-0.05, 0) is 29.4 Å².